The predicted octanol–water partition coefficient (Wildman–Crippen LogP) is 10.7. The van der Waals surface area contributed by atoms with Gasteiger partial charge in [-0.3, -0.25) is 0 Å². The zero-order chi connectivity index (χ0) is 25.8. The summed E-state index contributed by atoms with van der Waals surface area (Å²) < 4.78 is 0. The van der Waals surface area contributed by atoms with E-state index in [2.05, 4.69) is 139 Å². The van der Waals surface area contributed by atoms with E-state index in [1.807, 2.05) is 0 Å². The van der Waals surface area contributed by atoms with E-state index in [-0.39, 0.29) is 0 Å². The molecule has 0 heterocycles. The first-order chi connectivity index (χ1) is 17.4. The number of allylic oxidation sites excluding steroid dienone is 4. The second-order valence-electron chi connectivity index (χ2n) is 9.84. The molecule has 4 aromatic carbocycles. The molecule has 0 aliphatic carbocycles. The van der Waals surface area contributed by atoms with Crippen LogP contribution in [0.1, 0.15) is 55.0 Å². The highest BCUT2D eigenvalue weighted by Crippen LogP contribution is 2.41. The molecule has 4 rings (SSSR count). The lowest BCUT2D eigenvalue weighted by molar-refractivity contribution is 1.20. The van der Waals surface area contributed by atoms with Gasteiger partial charge in [-0.25, -0.2) is 0 Å². The van der Waals surface area contributed by atoms with Gasteiger partial charge in [0.1, 0.15) is 0 Å². The average Bonchev–Trinajstić information content (AvgIpc) is 2.87. The Bertz CT molecular complexity index is 1460. The van der Waals surface area contributed by atoms with Crippen LogP contribution in [0, 0.1) is 27.7 Å². The van der Waals surface area contributed by atoms with Gasteiger partial charge in [0, 0.05) is 0 Å². The minimum atomic E-state index is 1.01. The van der Waals surface area contributed by atoms with Crippen molar-refractivity contribution >= 4 is 5.57 Å². The number of benzene rings is 4. The topological polar surface area (TPSA) is 0 Å². The first kappa shape index (κ1) is 25.5. The Balaban J connectivity index is 1.95. The molecule has 0 fully saturated rings. The third kappa shape index (κ3) is 4.86. The summed E-state index contributed by atoms with van der Waals surface area (Å²) in [6, 6.07) is 29.1. The SMILES string of the molecule is C/C=C\C(C)=C(/CC)c1cccc(-c2ccc(C)cc2-c2cccc(-c3ccccc3C)c2C)c1C. The molecule has 0 radical (unpaired) electrons. The van der Waals surface area contributed by atoms with E-state index in [1.165, 1.54) is 72.3 Å². The molecular formula is C36H38. The third-order valence-electron chi connectivity index (χ3n) is 7.43. The minimum absolute atomic E-state index is 1.01. The van der Waals surface area contributed by atoms with Crippen LogP contribution in [-0.2, 0) is 0 Å². The predicted molar refractivity (Wildman–Crippen MR) is 159 cm³/mol. The van der Waals surface area contributed by atoms with Crippen LogP contribution in [0.5, 0.6) is 0 Å². The number of hydrogen-bond donors (Lipinski definition) is 0. The maximum atomic E-state index is 2.35. The van der Waals surface area contributed by atoms with Gasteiger partial charge in [0.05, 0.1) is 0 Å². The van der Waals surface area contributed by atoms with Crippen molar-refractivity contribution in [1.82, 2.24) is 0 Å². The molecule has 0 heteroatoms. The molecule has 0 bridgehead atoms. The van der Waals surface area contributed by atoms with Crippen LogP contribution in [0.3, 0.4) is 0 Å². The lowest BCUT2D eigenvalue weighted by atomic mass is 9.84. The van der Waals surface area contributed by atoms with E-state index in [0.29, 0.717) is 0 Å². The van der Waals surface area contributed by atoms with Crippen LogP contribution < -0.4 is 0 Å². The zero-order valence-corrected chi connectivity index (χ0v) is 22.9. The Labute approximate surface area is 218 Å². The van der Waals surface area contributed by atoms with Crippen molar-refractivity contribution in [2.75, 3.05) is 0 Å². The largest absolute Gasteiger partial charge is 0.0874 e. The molecule has 4 aromatic rings. The summed E-state index contributed by atoms with van der Waals surface area (Å²) in [6.45, 7) is 15.5. The Morgan fingerprint density at radius 3 is 1.92 bits per heavy atom. The number of aryl methyl sites for hydroxylation is 2. The van der Waals surface area contributed by atoms with Crippen LogP contribution >= 0.6 is 0 Å². The number of rotatable bonds is 6. The molecule has 0 amide bonds. The van der Waals surface area contributed by atoms with Gasteiger partial charge in [0.25, 0.3) is 0 Å². The summed E-state index contributed by atoms with van der Waals surface area (Å²) >= 11 is 0. The van der Waals surface area contributed by atoms with E-state index >= 15 is 0 Å². The summed E-state index contributed by atoms with van der Waals surface area (Å²) in [6.07, 6.45) is 5.37. The fraction of sp³-hybridized carbons (Fsp3) is 0.222. The molecule has 0 atom stereocenters. The van der Waals surface area contributed by atoms with E-state index in [9.17, 15) is 0 Å². The monoisotopic (exact) mass is 470 g/mol. The average molecular weight is 471 g/mol. The maximum absolute atomic E-state index is 2.35. The quantitative estimate of drug-likeness (QED) is 0.246. The Morgan fingerprint density at radius 1 is 0.639 bits per heavy atom. The van der Waals surface area contributed by atoms with Crippen molar-refractivity contribution in [1.29, 1.82) is 0 Å². The molecule has 36 heavy (non-hydrogen) atoms. The standard InChI is InChI=1S/C36H38/c1-8-14-25(4)29(9-2)31-17-12-19-33(27(31)6)35-22-21-24(3)23-36(35)34-20-13-18-32(28(34)7)30-16-11-10-15-26(30)5/h8,10-23H,9H2,1-7H3/b14-8-,29-25+. The zero-order valence-electron chi connectivity index (χ0n) is 22.9. The van der Waals surface area contributed by atoms with Crippen LogP contribution in [0.25, 0.3) is 39.0 Å². The minimum Gasteiger partial charge on any atom is -0.0874 e. The van der Waals surface area contributed by atoms with Crippen molar-refractivity contribution in [2.24, 2.45) is 0 Å². The van der Waals surface area contributed by atoms with Gasteiger partial charge in [0.2, 0.25) is 0 Å². The Morgan fingerprint density at radius 2 is 1.25 bits per heavy atom. The van der Waals surface area contributed by atoms with Crippen LogP contribution in [0.4, 0.5) is 0 Å². The molecule has 0 N–H and O–H groups in total. The van der Waals surface area contributed by atoms with Gasteiger partial charge < -0.3 is 0 Å². The lowest BCUT2D eigenvalue weighted by Crippen LogP contribution is -1.97. The fourth-order valence-corrected chi connectivity index (χ4v) is 5.50. The van der Waals surface area contributed by atoms with E-state index < -0.39 is 0 Å². The molecular weight excluding hydrogens is 432 g/mol. The highest BCUT2D eigenvalue weighted by molar-refractivity contribution is 5.91. The summed E-state index contributed by atoms with van der Waals surface area (Å²) in [5, 5.41) is 0. The van der Waals surface area contributed by atoms with Crippen molar-refractivity contribution < 1.29 is 0 Å². The molecule has 182 valence electrons. The second kappa shape index (κ2) is 11.0. The highest BCUT2D eigenvalue weighted by atomic mass is 14.2. The summed E-state index contributed by atoms with van der Waals surface area (Å²) in [4.78, 5) is 0. The molecule has 0 spiro atoms. The second-order valence-corrected chi connectivity index (χ2v) is 9.84. The van der Waals surface area contributed by atoms with E-state index in [4.69, 9.17) is 0 Å². The third-order valence-corrected chi connectivity index (χ3v) is 7.43. The molecule has 0 saturated heterocycles. The maximum Gasteiger partial charge on any atom is -0.00998 e. The van der Waals surface area contributed by atoms with Gasteiger partial charge in [-0.1, -0.05) is 104 Å². The summed E-state index contributed by atoms with van der Waals surface area (Å²) in [7, 11) is 0. The number of hydrogen-bond acceptors (Lipinski definition) is 0. The molecule has 0 unspecified atom stereocenters. The van der Waals surface area contributed by atoms with E-state index in [0.717, 1.165) is 6.42 Å². The van der Waals surface area contributed by atoms with Crippen molar-refractivity contribution in [3.8, 4) is 33.4 Å². The highest BCUT2D eigenvalue weighted by Gasteiger charge is 2.17. The fourth-order valence-electron chi connectivity index (χ4n) is 5.50. The Kier molecular flexibility index (Phi) is 7.75. The van der Waals surface area contributed by atoms with Crippen LogP contribution in [0.15, 0.2) is 96.6 Å². The molecule has 0 aromatic heterocycles. The summed E-state index contributed by atoms with van der Waals surface area (Å²) in [5.41, 5.74) is 17.2. The van der Waals surface area contributed by atoms with Gasteiger partial charge in [0.15, 0.2) is 0 Å². The first-order valence-electron chi connectivity index (χ1n) is 13.1. The molecule has 0 nitrogen and oxygen atoms in total. The normalized spacial score (nSPS) is 12.2. The van der Waals surface area contributed by atoms with Crippen molar-refractivity contribution in [3.05, 3.63) is 124 Å². The van der Waals surface area contributed by atoms with Crippen LogP contribution in [-0.4, -0.2) is 0 Å². The van der Waals surface area contributed by atoms with Crippen molar-refractivity contribution in [2.45, 2.75) is 54.9 Å². The van der Waals surface area contributed by atoms with Gasteiger partial charge in [-0.2, -0.15) is 0 Å². The van der Waals surface area contributed by atoms with Gasteiger partial charge >= 0.3 is 0 Å². The Hall–Kier alpha value is -3.64. The lowest BCUT2D eigenvalue weighted by Gasteiger charge is -2.20. The van der Waals surface area contributed by atoms with Gasteiger partial charge in [-0.15, -0.1) is 0 Å². The first-order valence-corrected chi connectivity index (χ1v) is 13.1. The summed E-state index contributed by atoms with van der Waals surface area (Å²) in [5.74, 6) is 0. The van der Waals surface area contributed by atoms with Crippen LogP contribution in [0.2, 0.25) is 0 Å². The molecule has 0 aliphatic heterocycles. The molecule has 0 saturated carbocycles. The van der Waals surface area contributed by atoms with E-state index in [1.54, 1.807) is 0 Å². The van der Waals surface area contributed by atoms with Crippen molar-refractivity contribution in [3.63, 3.8) is 0 Å². The molecule has 0 aliphatic rings. The van der Waals surface area contributed by atoms with Gasteiger partial charge in [-0.05, 0) is 115 Å². The smallest absolute Gasteiger partial charge is 0.00998 e.